The Balaban J connectivity index is 1.64. The molecule has 36 heavy (non-hydrogen) atoms. The van der Waals surface area contributed by atoms with Gasteiger partial charge in [0.15, 0.2) is 0 Å². The zero-order valence-electron chi connectivity index (χ0n) is 19.6. The van der Waals surface area contributed by atoms with Crippen LogP contribution in [0.15, 0.2) is 78.9 Å². The van der Waals surface area contributed by atoms with Crippen molar-refractivity contribution in [2.75, 3.05) is 11.1 Å². The number of pyridine rings is 1. The first-order valence-corrected chi connectivity index (χ1v) is 12.1. The van der Waals surface area contributed by atoms with E-state index in [9.17, 15) is 14.9 Å². The minimum atomic E-state index is -0.494. The average Bonchev–Trinajstić information content (AvgIpc) is 3.22. The molecule has 8 heteroatoms. The lowest BCUT2D eigenvalue weighted by Crippen LogP contribution is -2.13. The lowest BCUT2D eigenvalue weighted by Gasteiger charge is -2.09. The minimum Gasteiger partial charge on any atom is -0.397 e. The molecule has 0 aliphatic carbocycles. The summed E-state index contributed by atoms with van der Waals surface area (Å²) in [5, 5.41) is 14.7. The molecule has 1 amide bonds. The van der Waals surface area contributed by atoms with Gasteiger partial charge < -0.3 is 11.1 Å². The second-order valence-electron chi connectivity index (χ2n) is 8.52. The van der Waals surface area contributed by atoms with Gasteiger partial charge in [0, 0.05) is 23.1 Å². The molecule has 178 valence electrons. The van der Waals surface area contributed by atoms with Crippen LogP contribution in [-0.2, 0) is 0 Å². The van der Waals surface area contributed by atoms with Crippen LogP contribution in [0.5, 0.6) is 0 Å². The Kier molecular flexibility index (Phi) is 5.95. The van der Waals surface area contributed by atoms with E-state index >= 15 is 0 Å². The highest BCUT2D eigenvalue weighted by Gasteiger charge is 2.22. The van der Waals surface area contributed by atoms with Gasteiger partial charge in [-0.25, -0.2) is 4.98 Å². The Hall–Kier alpha value is -4.56. The summed E-state index contributed by atoms with van der Waals surface area (Å²) >= 11 is 1.21. The molecule has 0 fully saturated rings. The summed E-state index contributed by atoms with van der Waals surface area (Å²) in [6.45, 7) is 3.81. The lowest BCUT2D eigenvalue weighted by atomic mass is 9.99. The monoisotopic (exact) mass is 494 g/mol. The van der Waals surface area contributed by atoms with E-state index < -0.39 is 10.8 Å². The van der Waals surface area contributed by atoms with Crippen molar-refractivity contribution in [1.82, 2.24) is 4.98 Å². The third-order valence-corrected chi connectivity index (χ3v) is 7.12. The van der Waals surface area contributed by atoms with E-state index in [-0.39, 0.29) is 5.69 Å². The van der Waals surface area contributed by atoms with Crippen molar-refractivity contribution in [2.45, 2.75) is 13.8 Å². The number of nitrogen functional groups attached to an aromatic ring is 1. The maximum Gasteiger partial charge on any atom is 0.271 e. The van der Waals surface area contributed by atoms with E-state index in [4.69, 9.17) is 10.7 Å². The normalized spacial score (nSPS) is 10.9. The number of nitrogens with zero attached hydrogens (tertiary/aromatic N) is 2. The van der Waals surface area contributed by atoms with Crippen LogP contribution in [0.4, 0.5) is 17.1 Å². The number of nitrogens with two attached hydrogens (primary N) is 1. The number of carbonyl (C=O) groups excluding carboxylic acids is 1. The number of thiophene rings is 1. The molecule has 2 heterocycles. The van der Waals surface area contributed by atoms with E-state index in [1.54, 1.807) is 13.0 Å². The summed E-state index contributed by atoms with van der Waals surface area (Å²) in [7, 11) is 0. The van der Waals surface area contributed by atoms with Crippen LogP contribution in [0, 0.1) is 24.0 Å². The van der Waals surface area contributed by atoms with Gasteiger partial charge >= 0.3 is 0 Å². The molecule has 0 bridgehead atoms. The van der Waals surface area contributed by atoms with Crippen LogP contribution < -0.4 is 11.1 Å². The van der Waals surface area contributed by atoms with Crippen LogP contribution in [0.25, 0.3) is 32.6 Å². The molecule has 5 rings (SSSR count). The van der Waals surface area contributed by atoms with Crippen molar-refractivity contribution in [3.05, 3.63) is 105 Å². The highest BCUT2D eigenvalue weighted by molar-refractivity contribution is 7.21. The average molecular weight is 495 g/mol. The quantitative estimate of drug-likeness (QED) is 0.202. The van der Waals surface area contributed by atoms with Gasteiger partial charge in [-0.15, -0.1) is 11.3 Å². The number of amides is 1. The van der Waals surface area contributed by atoms with Crippen molar-refractivity contribution in [3.63, 3.8) is 0 Å². The van der Waals surface area contributed by atoms with Crippen LogP contribution in [0.2, 0.25) is 0 Å². The van der Waals surface area contributed by atoms with E-state index in [0.717, 1.165) is 27.9 Å². The molecule has 0 aliphatic heterocycles. The molecule has 0 unspecified atom stereocenters. The number of rotatable bonds is 5. The zero-order chi connectivity index (χ0) is 25.4. The molecule has 3 aromatic carbocycles. The molecular weight excluding hydrogens is 472 g/mol. The van der Waals surface area contributed by atoms with E-state index in [0.29, 0.717) is 32.0 Å². The van der Waals surface area contributed by atoms with Crippen molar-refractivity contribution in [3.8, 4) is 22.4 Å². The smallest absolute Gasteiger partial charge is 0.271 e. The molecule has 0 radical (unpaired) electrons. The van der Waals surface area contributed by atoms with Crippen molar-refractivity contribution < 1.29 is 9.72 Å². The number of non-ortho nitro benzene ring substituents is 1. The third-order valence-electron chi connectivity index (χ3n) is 6.02. The van der Waals surface area contributed by atoms with Gasteiger partial charge in [-0.05, 0) is 36.6 Å². The van der Waals surface area contributed by atoms with Gasteiger partial charge in [-0.1, -0.05) is 66.2 Å². The first-order valence-electron chi connectivity index (χ1n) is 11.2. The fraction of sp³-hybridized carbons (Fsp3) is 0.0714. The fourth-order valence-electron chi connectivity index (χ4n) is 4.04. The Morgan fingerprint density at radius 3 is 2.39 bits per heavy atom. The number of fused-ring (bicyclic) bond motifs is 1. The van der Waals surface area contributed by atoms with E-state index in [2.05, 4.69) is 5.32 Å². The highest BCUT2D eigenvalue weighted by Crippen LogP contribution is 2.41. The molecule has 0 saturated heterocycles. The number of nitro groups is 1. The number of hydrogen-bond acceptors (Lipinski definition) is 6. The number of nitro benzene ring substituents is 1. The molecule has 5 aromatic rings. The number of aromatic nitrogens is 1. The fourth-order valence-corrected chi connectivity index (χ4v) is 5.06. The van der Waals surface area contributed by atoms with Crippen LogP contribution >= 0.6 is 11.3 Å². The summed E-state index contributed by atoms with van der Waals surface area (Å²) in [4.78, 5) is 29.8. The topological polar surface area (TPSA) is 111 Å². The zero-order valence-corrected chi connectivity index (χ0v) is 20.4. The first kappa shape index (κ1) is 23.2. The molecule has 7 nitrogen and oxygen atoms in total. The predicted octanol–water partition coefficient (Wildman–Crippen LogP) is 6.99. The second kappa shape index (κ2) is 9.24. The second-order valence-corrected chi connectivity index (χ2v) is 9.52. The van der Waals surface area contributed by atoms with Gasteiger partial charge in [-0.3, -0.25) is 14.9 Å². The molecular formula is C28H22N4O3S. The lowest BCUT2D eigenvalue weighted by molar-refractivity contribution is -0.384. The van der Waals surface area contributed by atoms with Gasteiger partial charge in [-0.2, -0.15) is 0 Å². The Morgan fingerprint density at radius 2 is 1.69 bits per heavy atom. The Morgan fingerprint density at radius 1 is 0.972 bits per heavy atom. The number of hydrogen-bond donors (Lipinski definition) is 2. The minimum absolute atomic E-state index is 0.101. The van der Waals surface area contributed by atoms with Gasteiger partial charge in [0.1, 0.15) is 9.71 Å². The largest absolute Gasteiger partial charge is 0.397 e. The first-order chi connectivity index (χ1) is 17.3. The van der Waals surface area contributed by atoms with Gasteiger partial charge in [0.2, 0.25) is 0 Å². The summed E-state index contributed by atoms with van der Waals surface area (Å²) in [6.07, 6.45) is 0. The molecule has 3 N–H and O–H groups in total. The number of nitrogens with one attached hydrogen (secondary N) is 1. The van der Waals surface area contributed by atoms with Crippen molar-refractivity contribution >= 4 is 44.5 Å². The highest BCUT2D eigenvalue weighted by atomic mass is 32.1. The summed E-state index contributed by atoms with van der Waals surface area (Å²) in [5.74, 6) is -0.435. The predicted molar refractivity (Wildman–Crippen MR) is 145 cm³/mol. The van der Waals surface area contributed by atoms with Crippen molar-refractivity contribution in [1.29, 1.82) is 0 Å². The summed E-state index contributed by atoms with van der Waals surface area (Å²) < 4.78 is 0. The Bertz CT molecular complexity index is 1630. The number of carbonyl (C=O) groups is 1. The van der Waals surface area contributed by atoms with Crippen LogP contribution in [-0.4, -0.2) is 15.8 Å². The standard InChI is InChI=1S/C28H22N4O3S/c1-16-8-11-19(12-9-16)23-15-21(18-6-4-3-5-7-18)24-25(29)26(36-28(24)31-23)27(33)30-22-14-20(32(34)35)13-10-17(22)2/h3-15H,29H2,1-2H3,(H,30,33). The number of anilines is 2. The maximum absolute atomic E-state index is 13.3. The maximum atomic E-state index is 13.3. The number of aryl methyl sites for hydroxylation is 2. The molecule has 0 saturated carbocycles. The third kappa shape index (κ3) is 4.30. The van der Waals surface area contributed by atoms with E-state index in [1.165, 1.54) is 23.5 Å². The molecule has 2 aromatic heterocycles. The molecule has 0 aliphatic rings. The molecule has 0 atom stereocenters. The van der Waals surface area contributed by atoms with Crippen molar-refractivity contribution in [2.24, 2.45) is 0 Å². The van der Waals surface area contributed by atoms with Crippen LogP contribution in [0.1, 0.15) is 20.8 Å². The molecule has 0 spiro atoms. The summed E-state index contributed by atoms with van der Waals surface area (Å²) in [5.41, 5.74) is 12.6. The van der Waals surface area contributed by atoms with Crippen LogP contribution in [0.3, 0.4) is 0 Å². The Labute approximate surface area is 211 Å². The van der Waals surface area contributed by atoms with Gasteiger partial charge in [0.25, 0.3) is 11.6 Å². The number of benzene rings is 3. The van der Waals surface area contributed by atoms with Gasteiger partial charge in [0.05, 0.1) is 22.0 Å². The van der Waals surface area contributed by atoms with E-state index in [1.807, 2.05) is 67.6 Å². The summed E-state index contributed by atoms with van der Waals surface area (Å²) in [6, 6.07) is 24.3. The SMILES string of the molecule is Cc1ccc(-c2cc(-c3ccccc3)c3c(N)c(C(=O)Nc4cc([N+](=O)[O-])ccc4C)sc3n2)cc1.